The second kappa shape index (κ2) is 6.71. The third-order valence-electron chi connectivity index (χ3n) is 3.80. The molecule has 22 heavy (non-hydrogen) atoms. The fraction of sp³-hybridized carbons (Fsp3) is 0.375. The third kappa shape index (κ3) is 3.45. The van der Waals surface area contributed by atoms with Crippen molar-refractivity contribution in [1.82, 2.24) is 9.97 Å². The molecule has 3 rings (SSSR count). The van der Waals surface area contributed by atoms with Crippen LogP contribution in [0.2, 0.25) is 10.0 Å². The summed E-state index contributed by atoms with van der Waals surface area (Å²) < 4.78 is 0. The van der Waals surface area contributed by atoms with Crippen molar-refractivity contribution in [2.24, 2.45) is 5.92 Å². The van der Waals surface area contributed by atoms with Crippen molar-refractivity contribution in [2.45, 2.75) is 19.8 Å². The predicted octanol–water partition coefficient (Wildman–Crippen LogP) is 4.76. The minimum absolute atomic E-state index is 0.569. The van der Waals surface area contributed by atoms with Crippen LogP contribution in [0.1, 0.15) is 19.8 Å². The van der Waals surface area contributed by atoms with Crippen LogP contribution >= 0.6 is 23.2 Å². The topological polar surface area (TPSA) is 41.1 Å². The van der Waals surface area contributed by atoms with Gasteiger partial charge in [0.05, 0.1) is 15.7 Å². The molecule has 6 heteroatoms. The molecule has 0 aliphatic carbocycles. The number of rotatable bonds is 3. The average molecular weight is 337 g/mol. The number of aromatic nitrogens is 2. The summed E-state index contributed by atoms with van der Waals surface area (Å²) in [5.41, 5.74) is 0.669. The zero-order valence-corrected chi connectivity index (χ0v) is 13.9. The highest BCUT2D eigenvalue weighted by molar-refractivity contribution is 6.39. The smallest absolute Gasteiger partial charge is 0.227 e. The molecular formula is C16H18Cl2N4. The van der Waals surface area contributed by atoms with Crippen LogP contribution in [0.3, 0.4) is 0 Å². The van der Waals surface area contributed by atoms with Gasteiger partial charge in [0.25, 0.3) is 0 Å². The van der Waals surface area contributed by atoms with Crippen molar-refractivity contribution in [3.63, 3.8) is 0 Å². The molecule has 0 amide bonds. The Balaban J connectivity index is 1.82. The molecule has 1 aliphatic rings. The lowest BCUT2D eigenvalue weighted by molar-refractivity contribution is 0.442. The summed E-state index contributed by atoms with van der Waals surface area (Å²) in [6.45, 7) is 4.26. The Morgan fingerprint density at radius 3 is 2.73 bits per heavy atom. The number of para-hydroxylation sites is 1. The maximum absolute atomic E-state index is 6.19. The molecule has 0 bridgehead atoms. The molecule has 1 saturated heterocycles. The number of hydrogen-bond donors (Lipinski definition) is 1. The normalized spacial score (nSPS) is 18.3. The maximum Gasteiger partial charge on any atom is 0.227 e. The highest BCUT2D eigenvalue weighted by atomic mass is 35.5. The standard InChI is InChI=1S/C16H18Cl2N4/c1-11-4-3-9-22(10-11)16-19-8-7-14(21-16)20-15-12(17)5-2-6-13(15)18/h2,5-8,11H,3-4,9-10H2,1H3,(H,19,20,21). The van der Waals surface area contributed by atoms with Gasteiger partial charge in [-0.15, -0.1) is 0 Å². The van der Waals surface area contributed by atoms with E-state index in [2.05, 4.69) is 27.1 Å². The number of anilines is 3. The Morgan fingerprint density at radius 2 is 2.00 bits per heavy atom. The summed E-state index contributed by atoms with van der Waals surface area (Å²) in [7, 11) is 0. The fourth-order valence-corrected chi connectivity index (χ4v) is 3.18. The molecule has 0 spiro atoms. The van der Waals surface area contributed by atoms with Crippen molar-refractivity contribution in [3.05, 3.63) is 40.5 Å². The molecule has 1 fully saturated rings. The summed E-state index contributed by atoms with van der Waals surface area (Å²) in [6.07, 6.45) is 4.21. The van der Waals surface area contributed by atoms with E-state index in [1.54, 1.807) is 18.3 Å². The van der Waals surface area contributed by atoms with Crippen LogP contribution in [0.15, 0.2) is 30.5 Å². The van der Waals surface area contributed by atoms with Gasteiger partial charge in [-0.3, -0.25) is 0 Å². The number of nitrogens with one attached hydrogen (secondary N) is 1. The monoisotopic (exact) mass is 336 g/mol. The minimum Gasteiger partial charge on any atom is -0.341 e. The second-order valence-electron chi connectivity index (χ2n) is 5.66. The third-order valence-corrected chi connectivity index (χ3v) is 4.43. The Labute approximate surface area is 140 Å². The van der Waals surface area contributed by atoms with Gasteiger partial charge in [-0.25, -0.2) is 4.98 Å². The van der Waals surface area contributed by atoms with E-state index in [9.17, 15) is 0 Å². The van der Waals surface area contributed by atoms with Crippen LogP contribution in [0, 0.1) is 5.92 Å². The highest BCUT2D eigenvalue weighted by Gasteiger charge is 2.19. The van der Waals surface area contributed by atoms with Crippen molar-refractivity contribution >= 4 is 40.7 Å². The number of piperidine rings is 1. The lowest BCUT2D eigenvalue weighted by Gasteiger charge is -2.31. The first-order valence-electron chi connectivity index (χ1n) is 7.42. The molecule has 4 nitrogen and oxygen atoms in total. The van der Waals surface area contributed by atoms with E-state index >= 15 is 0 Å². The second-order valence-corrected chi connectivity index (χ2v) is 6.47. The number of halogens is 2. The number of benzene rings is 1. The van der Waals surface area contributed by atoms with Crippen LogP contribution in [-0.2, 0) is 0 Å². The molecule has 0 radical (unpaired) electrons. The van der Waals surface area contributed by atoms with Gasteiger partial charge in [0.2, 0.25) is 5.95 Å². The summed E-state index contributed by atoms with van der Waals surface area (Å²) in [4.78, 5) is 11.2. The number of nitrogens with zero attached hydrogens (tertiary/aromatic N) is 3. The quantitative estimate of drug-likeness (QED) is 0.876. The molecule has 2 heterocycles. The summed E-state index contributed by atoms with van der Waals surface area (Å²) >= 11 is 12.4. The van der Waals surface area contributed by atoms with Crippen LogP contribution in [0.4, 0.5) is 17.5 Å². The number of hydrogen-bond acceptors (Lipinski definition) is 4. The lowest BCUT2D eigenvalue weighted by atomic mass is 10.0. The molecule has 116 valence electrons. The van der Waals surface area contributed by atoms with Gasteiger partial charge in [0.1, 0.15) is 5.82 Å². The minimum atomic E-state index is 0.569. The van der Waals surface area contributed by atoms with E-state index in [1.165, 1.54) is 12.8 Å². The first-order valence-corrected chi connectivity index (χ1v) is 8.18. The van der Waals surface area contributed by atoms with Gasteiger partial charge < -0.3 is 10.2 Å². The van der Waals surface area contributed by atoms with Crippen molar-refractivity contribution in [3.8, 4) is 0 Å². The lowest BCUT2D eigenvalue weighted by Crippen LogP contribution is -2.35. The Kier molecular flexibility index (Phi) is 4.69. The molecule has 1 atom stereocenters. The highest BCUT2D eigenvalue weighted by Crippen LogP contribution is 2.32. The van der Waals surface area contributed by atoms with E-state index in [0.29, 0.717) is 27.5 Å². The van der Waals surface area contributed by atoms with E-state index in [-0.39, 0.29) is 0 Å². The van der Waals surface area contributed by atoms with Crippen LogP contribution in [0.25, 0.3) is 0 Å². The van der Waals surface area contributed by atoms with E-state index in [0.717, 1.165) is 19.0 Å². The first kappa shape index (κ1) is 15.4. The molecule has 1 aromatic heterocycles. The molecular weight excluding hydrogens is 319 g/mol. The van der Waals surface area contributed by atoms with Gasteiger partial charge in [0.15, 0.2) is 0 Å². The average Bonchev–Trinajstić information content (AvgIpc) is 2.51. The van der Waals surface area contributed by atoms with Crippen LogP contribution < -0.4 is 10.2 Å². The first-order chi connectivity index (χ1) is 10.6. The Hall–Kier alpha value is -1.52. The van der Waals surface area contributed by atoms with Crippen molar-refractivity contribution in [2.75, 3.05) is 23.3 Å². The molecule has 1 unspecified atom stereocenters. The van der Waals surface area contributed by atoms with Gasteiger partial charge in [0, 0.05) is 19.3 Å². The zero-order valence-electron chi connectivity index (χ0n) is 12.4. The molecule has 2 aromatic rings. The van der Waals surface area contributed by atoms with E-state index < -0.39 is 0 Å². The van der Waals surface area contributed by atoms with Gasteiger partial charge in [-0.1, -0.05) is 36.2 Å². The predicted molar refractivity (Wildman–Crippen MR) is 92.4 cm³/mol. The SMILES string of the molecule is CC1CCCN(c2nccc(Nc3c(Cl)cccc3Cl)n2)C1. The van der Waals surface area contributed by atoms with Gasteiger partial charge in [-0.2, -0.15) is 4.98 Å². The van der Waals surface area contributed by atoms with Crippen molar-refractivity contribution in [1.29, 1.82) is 0 Å². The van der Waals surface area contributed by atoms with Gasteiger partial charge in [-0.05, 0) is 37.0 Å². The van der Waals surface area contributed by atoms with Gasteiger partial charge >= 0.3 is 0 Å². The molecule has 1 N–H and O–H groups in total. The summed E-state index contributed by atoms with van der Waals surface area (Å²) in [5, 5.41) is 4.33. The zero-order chi connectivity index (χ0) is 15.5. The summed E-state index contributed by atoms with van der Waals surface area (Å²) in [6, 6.07) is 7.22. The van der Waals surface area contributed by atoms with Crippen LogP contribution in [0.5, 0.6) is 0 Å². The molecule has 0 saturated carbocycles. The van der Waals surface area contributed by atoms with Crippen LogP contribution in [-0.4, -0.2) is 23.1 Å². The molecule has 1 aromatic carbocycles. The van der Waals surface area contributed by atoms with E-state index in [4.69, 9.17) is 23.2 Å². The Bertz CT molecular complexity index is 642. The van der Waals surface area contributed by atoms with Crippen molar-refractivity contribution < 1.29 is 0 Å². The van der Waals surface area contributed by atoms with E-state index in [1.807, 2.05) is 12.1 Å². The fourth-order valence-electron chi connectivity index (χ4n) is 2.69. The maximum atomic E-state index is 6.19. The largest absolute Gasteiger partial charge is 0.341 e. The summed E-state index contributed by atoms with van der Waals surface area (Å²) in [5.74, 6) is 2.12. The molecule has 1 aliphatic heterocycles. The Morgan fingerprint density at radius 1 is 1.23 bits per heavy atom.